The van der Waals surface area contributed by atoms with E-state index in [0.717, 1.165) is 3.57 Å². The van der Waals surface area contributed by atoms with Gasteiger partial charge in [0.2, 0.25) is 0 Å². The Balaban J connectivity index is 3.25. The monoisotopic (exact) mass is 254 g/mol. The molecular formula is C5H4ClIN2. The first kappa shape index (κ1) is 7.08. The Bertz CT molecular complexity index is 206. The van der Waals surface area contributed by atoms with Crippen LogP contribution in [0.3, 0.4) is 0 Å². The molecule has 1 aromatic heterocycles. The third-order valence-electron chi connectivity index (χ3n) is 0.888. The SMILES string of the molecule is Nc1c(I)ccnc1Cl. The Morgan fingerprint density at radius 1 is 1.67 bits per heavy atom. The van der Waals surface area contributed by atoms with Crippen molar-refractivity contribution in [2.45, 2.75) is 0 Å². The highest BCUT2D eigenvalue weighted by atomic mass is 127. The predicted octanol–water partition coefficient (Wildman–Crippen LogP) is 1.92. The van der Waals surface area contributed by atoms with Crippen LogP contribution >= 0.6 is 34.2 Å². The summed E-state index contributed by atoms with van der Waals surface area (Å²) in [6, 6.07) is 1.81. The van der Waals surface area contributed by atoms with Crippen molar-refractivity contribution < 1.29 is 0 Å². The molecule has 0 radical (unpaired) electrons. The summed E-state index contributed by atoms with van der Waals surface area (Å²) in [4.78, 5) is 3.78. The molecule has 0 bridgehead atoms. The zero-order valence-electron chi connectivity index (χ0n) is 4.44. The number of aromatic nitrogens is 1. The van der Waals surface area contributed by atoms with E-state index in [1.807, 2.05) is 6.07 Å². The van der Waals surface area contributed by atoms with Crippen LogP contribution in [-0.4, -0.2) is 4.98 Å². The molecule has 4 heteroatoms. The van der Waals surface area contributed by atoms with Crippen LogP contribution in [0.2, 0.25) is 5.15 Å². The minimum atomic E-state index is 0.377. The number of hydrogen-bond donors (Lipinski definition) is 1. The topological polar surface area (TPSA) is 38.9 Å². The second-order valence-electron chi connectivity index (χ2n) is 1.50. The van der Waals surface area contributed by atoms with Gasteiger partial charge in [0, 0.05) is 9.77 Å². The summed E-state index contributed by atoms with van der Waals surface area (Å²) in [6.45, 7) is 0. The van der Waals surface area contributed by atoms with Crippen LogP contribution in [0.1, 0.15) is 0 Å². The van der Waals surface area contributed by atoms with Crippen LogP contribution in [0.5, 0.6) is 0 Å². The standard InChI is InChI=1S/C5H4ClIN2/c6-5-4(8)3(7)1-2-9-5/h1-2H,8H2. The molecule has 0 aliphatic carbocycles. The van der Waals surface area contributed by atoms with Crippen molar-refractivity contribution in [1.82, 2.24) is 4.98 Å². The van der Waals surface area contributed by atoms with Crippen LogP contribution in [0.25, 0.3) is 0 Å². The third-order valence-corrected chi connectivity index (χ3v) is 2.13. The van der Waals surface area contributed by atoms with E-state index in [-0.39, 0.29) is 0 Å². The fraction of sp³-hybridized carbons (Fsp3) is 0. The van der Waals surface area contributed by atoms with Gasteiger partial charge in [0.15, 0.2) is 5.15 Å². The number of pyridine rings is 1. The molecule has 0 spiro atoms. The van der Waals surface area contributed by atoms with Gasteiger partial charge >= 0.3 is 0 Å². The lowest BCUT2D eigenvalue weighted by atomic mass is 10.4. The highest BCUT2D eigenvalue weighted by Gasteiger charge is 1.98. The molecule has 0 atom stereocenters. The van der Waals surface area contributed by atoms with E-state index < -0.39 is 0 Å². The lowest BCUT2D eigenvalue weighted by molar-refractivity contribution is 1.32. The smallest absolute Gasteiger partial charge is 0.152 e. The Kier molecular flexibility index (Phi) is 2.13. The Morgan fingerprint density at radius 2 is 2.33 bits per heavy atom. The summed E-state index contributed by atoms with van der Waals surface area (Å²) in [5, 5.41) is 0.377. The van der Waals surface area contributed by atoms with Crippen molar-refractivity contribution in [2.75, 3.05) is 5.73 Å². The first-order valence-electron chi connectivity index (χ1n) is 2.27. The van der Waals surface area contributed by atoms with E-state index >= 15 is 0 Å². The first-order chi connectivity index (χ1) is 4.22. The van der Waals surface area contributed by atoms with Gasteiger partial charge in [-0.2, -0.15) is 0 Å². The molecule has 0 amide bonds. The lowest BCUT2D eigenvalue weighted by Crippen LogP contribution is -1.91. The van der Waals surface area contributed by atoms with Gasteiger partial charge in [0.05, 0.1) is 5.69 Å². The molecule has 0 unspecified atom stereocenters. The summed E-state index contributed by atoms with van der Waals surface area (Å²) in [7, 11) is 0. The van der Waals surface area contributed by atoms with Gasteiger partial charge < -0.3 is 5.73 Å². The second-order valence-corrected chi connectivity index (χ2v) is 3.02. The minimum Gasteiger partial charge on any atom is -0.395 e. The average Bonchev–Trinajstić information content (AvgIpc) is 1.83. The second kappa shape index (κ2) is 2.70. The fourth-order valence-corrected chi connectivity index (χ4v) is 1.16. The molecule has 1 aromatic rings. The van der Waals surface area contributed by atoms with Crippen molar-refractivity contribution in [3.63, 3.8) is 0 Å². The van der Waals surface area contributed by atoms with Crippen LogP contribution in [0.15, 0.2) is 12.3 Å². The Labute approximate surface area is 71.6 Å². The van der Waals surface area contributed by atoms with Crippen molar-refractivity contribution in [3.05, 3.63) is 21.0 Å². The maximum atomic E-state index is 5.57. The Hall–Kier alpha value is -0.0300. The molecule has 1 heterocycles. The minimum absolute atomic E-state index is 0.377. The molecule has 0 aliphatic heterocycles. The molecule has 2 N–H and O–H groups in total. The lowest BCUT2D eigenvalue weighted by Gasteiger charge is -1.96. The number of nitrogens with zero attached hydrogens (tertiary/aromatic N) is 1. The zero-order valence-corrected chi connectivity index (χ0v) is 7.35. The van der Waals surface area contributed by atoms with Crippen LogP contribution < -0.4 is 5.73 Å². The highest BCUT2D eigenvalue weighted by Crippen LogP contribution is 2.20. The molecule has 0 saturated carbocycles. The van der Waals surface area contributed by atoms with E-state index in [4.69, 9.17) is 17.3 Å². The molecule has 1 rings (SSSR count). The maximum Gasteiger partial charge on any atom is 0.152 e. The number of nitrogen functional groups attached to an aromatic ring is 1. The summed E-state index contributed by atoms with van der Waals surface area (Å²) in [5.41, 5.74) is 6.04. The number of halogens is 2. The zero-order chi connectivity index (χ0) is 6.85. The van der Waals surface area contributed by atoms with Gasteiger partial charge in [0.25, 0.3) is 0 Å². The summed E-state index contributed by atoms with van der Waals surface area (Å²) in [6.07, 6.45) is 1.63. The van der Waals surface area contributed by atoms with Crippen LogP contribution in [0.4, 0.5) is 5.69 Å². The molecular weight excluding hydrogens is 250 g/mol. The van der Waals surface area contributed by atoms with Gasteiger partial charge in [0.1, 0.15) is 0 Å². The maximum absolute atomic E-state index is 5.57. The molecule has 0 aliphatic rings. The number of hydrogen-bond acceptors (Lipinski definition) is 2. The molecule has 0 saturated heterocycles. The number of rotatable bonds is 0. The highest BCUT2D eigenvalue weighted by molar-refractivity contribution is 14.1. The Morgan fingerprint density at radius 3 is 2.78 bits per heavy atom. The van der Waals surface area contributed by atoms with Crippen molar-refractivity contribution in [1.29, 1.82) is 0 Å². The van der Waals surface area contributed by atoms with Crippen LogP contribution in [-0.2, 0) is 0 Å². The molecule has 0 fully saturated rings. The third kappa shape index (κ3) is 1.46. The summed E-state index contributed by atoms with van der Waals surface area (Å²) < 4.78 is 0.938. The predicted molar refractivity (Wildman–Crippen MR) is 46.4 cm³/mol. The van der Waals surface area contributed by atoms with Gasteiger partial charge in [-0.05, 0) is 28.7 Å². The van der Waals surface area contributed by atoms with Crippen molar-refractivity contribution in [3.8, 4) is 0 Å². The van der Waals surface area contributed by atoms with Crippen LogP contribution in [0, 0.1) is 3.57 Å². The first-order valence-corrected chi connectivity index (χ1v) is 3.73. The number of anilines is 1. The summed E-state index contributed by atoms with van der Waals surface area (Å²) >= 11 is 7.67. The van der Waals surface area contributed by atoms with E-state index in [2.05, 4.69) is 27.6 Å². The van der Waals surface area contributed by atoms with E-state index in [1.54, 1.807) is 6.20 Å². The summed E-state index contributed by atoms with van der Waals surface area (Å²) in [5.74, 6) is 0. The van der Waals surface area contributed by atoms with E-state index in [9.17, 15) is 0 Å². The van der Waals surface area contributed by atoms with Crippen molar-refractivity contribution >= 4 is 39.9 Å². The normalized spacial score (nSPS) is 9.56. The van der Waals surface area contributed by atoms with Gasteiger partial charge in [-0.25, -0.2) is 4.98 Å². The van der Waals surface area contributed by atoms with Crippen molar-refractivity contribution in [2.24, 2.45) is 0 Å². The molecule has 2 nitrogen and oxygen atoms in total. The molecule has 48 valence electrons. The largest absolute Gasteiger partial charge is 0.395 e. The van der Waals surface area contributed by atoms with E-state index in [1.165, 1.54) is 0 Å². The fourth-order valence-electron chi connectivity index (χ4n) is 0.426. The average molecular weight is 254 g/mol. The molecule has 0 aromatic carbocycles. The van der Waals surface area contributed by atoms with Gasteiger partial charge in [-0.1, -0.05) is 11.6 Å². The van der Waals surface area contributed by atoms with Gasteiger partial charge in [-0.3, -0.25) is 0 Å². The van der Waals surface area contributed by atoms with Gasteiger partial charge in [-0.15, -0.1) is 0 Å². The number of nitrogens with two attached hydrogens (primary N) is 1. The quantitative estimate of drug-likeness (QED) is 0.567. The molecule has 9 heavy (non-hydrogen) atoms. The van der Waals surface area contributed by atoms with E-state index in [0.29, 0.717) is 10.8 Å².